The summed E-state index contributed by atoms with van der Waals surface area (Å²) in [5, 5.41) is 27.0. The Kier molecular flexibility index (Phi) is 13.9. The molecule has 15 nitrogen and oxygen atoms in total. The highest BCUT2D eigenvalue weighted by Gasteiger charge is 2.43. The van der Waals surface area contributed by atoms with Crippen LogP contribution in [0, 0.1) is 17.3 Å². The molecule has 2 fully saturated rings. The monoisotopic (exact) mass is 879 g/mol. The van der Waals surface area contributed by atoms with Gasteiger partial charge in [0.05, 0.1) is 36.1 Å². The summed E-state index contributed by atoms with van der Waals surface area (Å²) < 4.78 is 14.2. The van der Waals surface area contributed by atoms with Gasteiger partial charge < -0.3 is 40.2 Å². The van der Waals surface area contributed by atoms with Crippen LogP contribution < -0.4 is 16.5 Å². The van der Waals surface area contributed by atoms with Crippen molar-refractivity contribution in [2.24, 2.45) is 23.0 Å². The first-order valence-corrected chi connectivity index (χ1v) is 22.6. The number of fused-ring (bicyclic) bond motifs is 6. The number of aliphatic hydroxyl groups is 1. The van der Waals surface area contributed by atoms with Crippen molar-refractivity contribution in [3.8, 4) is 28.1 Å². The topological polar surface area (TPSA) is 202 Å². The number of nitrogens with zero attached hydrogens (tertiary/aromatic N) is 4. The van der Waals surface area contributed by atoms with E-state index in [9.17, 15) is 29.4 Å². The molecule has 2 aromatic carbocycles. The number of hydrazine groups is 1. The zero-order valence-corrected chi connectivity index (χ0v) is 38.4. The molecule has 1 aliphatic carbocycles. The molecule has 0 unspecified atom stereocenters. The van der Waals surface area contributed by atoms with Gasteiger partial charge in [-0.3, -0.25) is 29.2 Å². The number of hydrogen-bond donors (Lipinski definition) is 5. The number of aliphatic hydroxyl groups excluding tert-OH is 1. The van der Waals surface area contributed by atoms with E-state index in [1.54, 1.807) is 32.5 Å². The first-order chi connectivity index (χ1) is 30.4. The minimum Gasteiger partial charge on any atom is -0.508 e. The van der Waals surface area contributed by atoms with Gasteiger partial charge in [0.15, 0.2) is 0 Å². The maximum absolute atomic E-state index is 14.7. The average molecular weight is 880 g/mol. The second-order valence-corrected chi connectivity index (χ2v) is 19.0. The number of benzene rings is 2. The Bertz CT molecular complexity index is 2400. The van der Waals surface area contributed by atoms with Crippen LogP contribution in [0.1, 0.15) is 90.2 Å². The third-order valence-corrected chi connectivity index (χ3v) is 13.3. The number of likely N-dealkylation sites (N-methyl/N-ethyl adjacent to an activating group) is 1. The second kappa shape index (κ2) is 19.0. The van der Waals surface area contributed by atoms with E-state index < -0.39 is 59.4 Å². The second-order valence-electron chi connectivity index (χ2n) is 19.0. The Balaban J connectivity index is 1.33. The van der Waals surface area contributed by atoms with Crippen molar-refractivity contribution in [2.45, 2.75) is 123 Å². The summed E-state index contributed by atoms with van der Waals surface area (Å²) in [6.07, 6.45) is 2.95. The van der Waals surface area contributed by atoms with Gasteiger partial charge in [-0.05, 0) is 111 Å². The smallest absolute Gasteiger partial charge is 0.324 e. The molecule has 2 aromatic heterocycles. The van der Waals surface area contributed by atoms with Crippen LogP contribution in [-0.2, 0) is 48.0 Å². The number of esters is 1. The Labute approximate surface area is 375 Å². The van der Waals surface area contributed by atoms with Crippen LogP contribution in [0.4, 0.5) is 0 Å². The van der Waals surface area contributed by atoms with Gasteiger partial charge in [-0.1, -0.05) is 39.8 Å². The number of methoxy groups -OCH3 is 1. The van der Waals surface area contributed by atoms with Crippen LogP contribution in [-0.4, -0.2) is 111 Å². The maximum atomic E-state index is 14.7. The molecule has 6 bridgehead atoms. The molecular formula is C49H65N7O8. The number of aromatic nitrogens is 2. The van der Waals surface area contributed by atoms with Crippen molar-refractivity contribution < 1.29 is 38.9 Å². The van der Waals surface area contributed by atoms with Gasteiger partial charge in [-0.25, -0.2) is 5.43 Å². The van der Waals surface area contributed by atoms with Crippen LogP contribution >= 0.6 is 0 Å². The number of carbonyl (C=O) groups is 4. The first kappa shape index (κ1) is 46.6. The number of hydrogen-bond acceptors (Lipinski definition) is 11. The maximum Gasteiger partial charge on any atom is 0.324 e. The largest absolute Gasteiger partial charge is 0.508 e. The Morgan fingerprint density at radius 1 is 1.09 bits per heavy atom. The Morgan fingerprint density at radius 3 is 2.55 bits per heavy atom. The van der Waals surface area contributed by atoms with Gasteiger partial charge in [-0.15, -0.1) is 0 Å². The Morgan fingerprint density at radius 2 is 1.86 bits per heavy atom. The van der Waals surface area contributed by atoms with Crippen LogP contribution in [0.15, 0.2) is 54.7 Å². The van der Waals surface area contributed by atoms with Crippen molar-refractivity contribution >= 4 is 34.6 Å². The molecule has 6 N–H and O–H groups in total. The average Bonchev–Trinajstić information content (AvgIpc) is 3.77. The van der Waals surface area contributed by atoms with Crippen molar-refractivity contribution in [2.75, 3.05) is 27.3 Å². The summed E-state index contributed by atoms with van der Waals surface area (Å²) in [7, 11) is 3.22. The Hall–Kier alpha value is -5.35. The van der Waals surface area contributed by atoms with Crippen LogP contribution in [0.5, 0.6) is 5.75 Å². The van der Waals surface area contributed by atoms with Crippen LogP contribution in [0.2, 0.25) is 0 Å². The minimum atomic E-state index is -1.17. The summed E-state index contributed by atoms with van der Waals surface area (Å²) in [6, 6.07) is 11.7. The summed E-state index contributed by atoms with van der Waals surface area (Å²) in [6.45, 7) is 12.9. The molecule has 7 rings (SSSR count). The highest BCUT2D eigenvalue weighted by Crippen LogP contribution is 2.42. The van der Waals surface area contributed by atoms with E-state index in [4.69, 9.17) is 20.2 Å². The molecule has 0 spiro atoms. The summed E-state index contributed by atoms with van der Waals surface area (Å²) in [5.41, 5.74) is 15.7. The molecule has 64 heavy (non-hydrogen) atoms. The number of ether oxygens (including phenoxy) is 2. The van der Waals surface area contributed by atoms with Gasteiger partial charge in [0.2, 0.25) is 11.8 Å². The third kappa shape index (κ3) is 9.40. The van der Waals surface area contributed by atoms with E-state index in [0.717, 1.165) is 39.0 Å². The van der Waals surface area contributed by atoms with E-state index in [0.29, 0.717) is 49.8 Å². The van der Waals surface area contributed by atoms with Gasteiger partial charge in [-0.2, -0.15) is 0 Å². The van der Waals surface area contributed by atoms with E-state index in [1.165, 1.54) is 9.91 Å². The molecule has 4 heterocycles. The molecule has 2 aliphatic heterocycles. The standard InChI is InChI=1S/C49H65N7O8/c1-9-55-39-16-14-30-24-35(39)36(44(55)34-12-10-18-51-42(34)28(4)63-8)25-49(5,6)26-64-48(62)37-13-11-19-56(53-37)47(61)38(22-29-20-31(30)23-32(57)21-29)52-45(59)43(27(2)3)54(7)46(60)33-15-17-40(58)41(33)50/h10,12,14,16,18,20-21,23-24,27-28,33,37-38,40-41,43,53,57-58H,9,11,13,15,17,19,22,25-26,50H2,1-8H3,(H,52,59)/t28-,33-,37-,38-,40+,41-,43-/m0/s1. The predicted molar refractivity (Wildman–Crippen MR) is 243 cm³/mol. The van der Waals surface area contributed by atoms with Crippen molar-refractivity contribution in [1.29, 1.82) is 0 Å². The van der Waals surface area contributed by atoms with E-state index >= 15 is 0 Å². The summed E-state index contributed by atoms with van der Waals surface area (Å²) in [4.78, 5) is 62.9. The first-order valence-electron chi connectivity index (χ1n) is 22.6. The van der Waals surface area contributed by atoms with Gasteiger partial charge in [0, 0.05) is 67.8 Å². The molecule has 3 aliphatic rings. The normalized spacial score (nSPS) is 23.7. The third-order valence-electron chi connectivity index (χ3n) is 13.3. The number of aryl methyl sites for hydroxylation is 1. The van der Waals surface area contributed by atoms with Gasteiger partial charge in [0.25, 0.3) is 5.91 Å². The molecule has 1 saturated heterocycles. The summed E-state index contributed by atoms with van der Waals surface area (Å²) >= 11 is 0. The van der Waals surface area contributed by atoms with Crippen molar-refractivity contribution in [1.82, 2.24) is 30.2 Å². The van der Waals surface area contributed by atoms with Crippen LogP contribution in [0.25, 0.3) is 33.3 Å². The number of nitrogens with one attached hydrogen (secondary N) is 2. The zero-order valence-electron chi connectivity index (χ0n) is 38.4. The van der Waals surface area contributed by atoms with E-state index in [2.05, 4.69) is 54.3 Å². The fraction of sp³-hybridized carbons (Fsp3) is 0.531. The zero-order chi connectivity index (χ0) is 46.2. The van der Waals surface area contributed by atoms with E-state index in [-0.39, 0.29) is 43.3 Å². The molecular weight excluding hydrogens is 815 g/mol. The number of phenols is 1. The summed E-state index contributed by atoms with van der Waals surface area (Å²) in [5.74, 6) is -2.87. The number of pyridine rings is 1. The van der Waals surface area contributed by atoms with Crippen molar-refractivity contribution in [3.63, 3.8) is 0 Å². The number of nitrogens with two attached hydrogens (primary N) is 1. The molecule has 15 heteroatoms. The van der Waals surface area contributed by atoms with Gasteiger partial charge in [0.1, 0.15) is 23.9 Å². The highest BCUT2D eigenvalue weighted by molar-refractivity contribution is 5.96. The fourth-order valence-corrected chi connectivity index (χ4v) is 9.94. The lowest BCUT2D eigenvalue weighted by atomic mass is 9.84. The number of phenolic OH excluding ortho intramolecular Hbond substituents is 1. The molecule has 7 atom stereocenters. The number of rotatable bonds is 9. The van der Waals surface area contributed by atoms with Crippen molar-refractivity contribution in [3.05, 3.63) is 71.5 Å². The molecule has 1 saturated carbocycles. The number of carbonyl (C=O) groups excluding carboxylic acids is 4. The van der Waals surface area contributed by atoms with E-state index in [1.807, 2.05) is 39.0 Å². The number of cyclic esters (lactones) is 1. The van der Waals surface area contributed by atoms with Crippen LogP contribution in [0.3, 0.4) is 0 Å². The quantitative estimate of drug-likeness (QED) is 0.141. The molecule has 4 aromatic rings. The predicted octanol–water partition coefficient (Wildman–Crippen LogP) is 5.03. The number of aromatic hydroxyl groups is 1. The highest BCUT2D eigenvalue weighted by atomic mass is 16.5. The molecule has 3 amide bonds. The minimum absolute atomic E-state index is 0.0130. The molecule has 344 valence electrons. The lowest BCUT2D eigenvalue weighted by molar-refractivity contribution is -0.155. The fourth-order valence-electron chi connectivity index (χ4n) is 9.94. The SMILES string of the molecule is CCn1c(-c2cccnc2[C@H](C)OC)c2c3cc(ccc31)-c1cc(O)cc(c1)C[C@H](NC(=O)[C@H](C(C)C)N(C)C(=O)[C@H]1CC[C@@H](O)[C@H]1N)C(=O)N1CCC[C@H](N1)C(=O)OCC(C)(C)C2. The van der Waals surface area contributed by atoms with Gasteiger partial charge >= 0.3 is 5.97 Å². The molecule has 0 radical (unpaired) electrons. The lowest BCUT2D eigenvalue weighted by Gasteiger charge is -2.37. The number of amides is 3. The lowest BCUT2D eigenvalue weighted by Crippen LogP contribution is -2.62.